The molecule has 2 rings (SSSR count). The number of allylic oxidation sites excluding steroid dienone is 1. The van der Waals surface area contributed by atoms with Crippen LogP contribution in [0.2, 0.25) is 5.02 Å². The minimum Gasteiger partial charge on any atom is -0.493 e. The lowest BCUT2D eigenvalue weighted by Gasteiger charge is -2.30. The Morgan fingerprint density at radius 3 is 2.40 bits per heavy atom. The fourth-order valence-corrected chi connectivity index (χ4v) is 4.02. The number of anilines is 2. The van der Waals surface area contributed by atoms with E-state index < -0.39 is 0 Å². The van der Waals surface area contributed by atoms with Gasteiger partial charge in [0, 0.05) is 48.2 Å². The Morgan fingerprint density at radius 1 is 1.07 bits per heavy atom. The van der Waals surface area contributed by atoms with Crippen LogP contribution in [0.3, 0.4) is 0 Å². The van der Waals surface area contributed by atoms with Crippen molar-refractivity contribution in [2.75, 3.05) is 37.0 Å². The second-order valence-corrected chi connectivity index (χ2v) is 8.22. The van der Waals surface area contributed by atoms with Crippen molar-refractivity contribution in [2.24, 2.45) is 0 Å². The van der Waals surface area contributed by atoms with Crippen molar-refractivity contribution < 1.29 is 4.74 Å². The van der Waals surface area contributed by atoms with Gasteiger partial charge in [0.15, 0.2) is 0 Å². The Morgan fingerprint density at radius 2 is 1.80 bits per heavy atom. The summed E-state index contributed by atoms with van der Waals surface area (Å²) in [7, 11) is 1.96. The van der Waals surface area contributed by atoms with Gasteiger partial charge in [-0.25, -0.2) is 0 Å². The average molecular weight is 429 g/mol. The molecule has 2 aromatic rings. The van der Waals surface area contributed by atoms with Crippen LogP contribution in [-0.4, -0.2) is 26.7 Å². The SMILES string of the molecule is CCOc1cc(N(CC)CC)ccc1/C=C/CC(C)(CC)c1cc(Cl)ccc1NC. The van der Waals surface area contributed by atoms with Crippen LogP contribution >= 0.6 is 11.6 Å². The first-order valence-electron chi connectivity index (χ1n) is 11.1. The van der Waals surface area contributed by atoms with E-state index in [9.17, 15) is 0 Å². The van der Waals surface area contributed by atoms with E-state index >= 15 is 0 Å². The molecule has 0 saturated heterocycles. The van der Waals surface area contributed by atoms with Crippen molar-refractivity contribution in [3.63, 3.8) is 0 Å². The van der Waals surface area contributed by atoms with Gasteiger partial charge in [-0.05, 0) is 74.9 Å². The normalized spacial score (nSPS) is 13.3. The predicted molar refractivity (Wildman–Crippen MR) is 133 cm³/mol. The first-order chi connectivity index (χ1) is 14.4. The number of nitrogens with one attached hydrogen (secondary N) is 1. The van der Waals surface area contributed by atoms with Crippen molar-refractivity contribution in [1.29, 1.82) is 0 Å². The molecule has 2 aromatic carbocycles. The van der Waals surface area contributed by atoms with Gasteiger partial charge >= 0.3 is 0 Å². The molecular weight excluding hydrogens is 392 g/mol. The third-order valence-electron chi connectivity index (χ3n) is 5.97. The maximum atomic E-state index is 6.32. The summed E-state index contributed by atoms with van der Waals surface area (Å²) in [4.78, 5) is 2.34. The number of ether oxygens (including phenoxy) is 1. The van der Waals surface area contributed by atoms with E-state index in [0.29, 0.717) is 6.61 Å². The van der Waals surface area contributed by atoms with Gasteiger partial charge in [-0.3, -0.25) is 0 Å². The molecule has 1 atom stereocenters. The van der Waals surface area contributed by atoms with E-state index in [4.69, 9.17) is 16.3 Å². The van der Waals surface area contributed by atoms with Crippen LogP contribution in [0, 0.1) is 0 Å². The van der Waals surface area contributed by atoms with Crippen molar-refractivity contribution in [2.45, 2.75) is 52.9 Å². The number of benzene rings is 2. The van der Waals surface area contributed by atoms with E-state index in [0.717, 1.165) is 48.0 Å². The molecule has 0 radical (unpaired) electrons. The van der Waals surface area contributed by atoms with Crippen LogP contribution in [-0.2, 0) is 5.41 Å². The Hall–Kier alpha value is -2.13. The molecule has 1 unspecified atom stereocenters. The second-order valence-electron chi connectivity index (χ2n) is 7.79. The third kappa shape index (κ3) is 5.72. The van der Waals surface area contributed by atoms with Crippen molar-refractivity contribution >= 4 is 29.1 Å². The van der Waals surface area contributed by atoms with Gasteiger partial charge in [-0.2, -0.15) is 0 Å². The molecule has 3 nitrogen and oxygen atoms in total. The molecule has 164 valence electrons. The zero-order valence-corrected chi connectivity index (χ0v) is 20.1. The van der Waals surface area contributed by atoms with E-state index in [1.54, 1.807) is 0 Å². The molecular formula is C26H37ClN2O. The monoisotopic (exact) mass is 428 g/mol. The quantitative estimate of drug-likeness (QED) is 0.403. The van der Waals surface area contributed by atoms with E-state index in [2.05, 4.69) is 80.4 Å². The summed E-state index contributed by atoms with van der Waals surface area (Å²) in [6, 6.07) is 12.6. The molecule has 0 bridgehead atoms. The molecule has 0 aliphatic carbocycles. The zero-order valence-electron chi connectivity index (χ0n) is 19.4. The first kappa shape index (κ1) is 24.1. The van der Waals surface area contributed by atoms with Crippen molar-refractivity contribution in [1.82, 2.24) is 0 Å². The topological polar surface area (TPSA) is 24.5 Å². The Balaban J connectivity index is 2.31. The molecule has 0 spiro atoms. The van der Waals surface area contributed by atoms with Gasteiger partial charge in [-0.15, -0.1) is 0 Å². The minimum absolute atomic E-state index is 0.00726. The zero-order chi connectivity index (χ0) is 22.1. The van der Waals surface area contributed by atoms with Crippen LogP contribution in [0.1, 0.15) is 58.6 Å². The Kier molecular flexibility index (Phi) is 9.10. The second kappa shape index (κ2) is 11.3. The standard InChI is InChI=1S/C26H37ClN2O/c1-7-26(5,23-18-21(27)14-16-24(23)28-6)17-11-12-20-13-15-22(29(8-2)9-3)19-25(20)30-10-4/h11-16,18-19,28H,7-10,17H2,1-6H3/b12-11+. The Labute approximate surface area is 188 Å². The maximum absolute atomic E-state index is 6.32. The van der Waals surface area contributed by atoms with E-state index in [-0.39, 0.29) is 5.41 Å². The molecule has 30 heavy (non-hydrogen) atoms. The van der Waals surface area contributed by atoms with E-state index in [1.165, 1.54) is 11.3 Å². The highest BCUT2D eigenvalue weighted by atomic mass is 35.5. The molecule has 0 heterocycles. The highest BCUT2D eigenvalue weighted by Crippen LogP contribution is 2.38. The third-order valence-corrected chi connectivity index (χ3v) is 6.21. The van der Waals surface area contributed by atoms with Gasteiger partial charge in [-0.1, -0.05) is 37.6 Å². The van der Waals surface area contributed by atoms with Crippen LogP contribution in [0.4, 0.5) is 11.4 Å². The van der Waals surface area contributed by atoms with Crippen molar-refractivity contribution in [3.8, 4) is 5.75 Å². The fourth-order valence-electron chi connectivity index (χ4n) is 3.85. The number of nitrogens with zero attached hydrogens (tertiary/aromatic N) is 1. The molecule has 0 aliphatic heterocycles. The van der Waals surface area contributed by atoms with Crippen LogP contribution in [0.25, 0.3) is 6.08 Å². The molecule has 0 fully saturated rings. The largest absolute Gasteiger partial charge is 0.493 e. The van der Waals surface area contributed by atoms with Crippen molar-refractivity contribution in [3.05, 3.63) is 58.6 Å². The molecule has 0 aromatic heterocycles. The summed E-state index contributed by atoms with van der Waals surface area (Å²) >= 11 is 6.32. The number of halogens is 1. The summed E-state index contributed by atoms with van der Waals surface area (Å²) in [5.74, 6) is 0.940. The van der Waals surface area contributed by atoms with Crippen LogP contribution < -0.4 is 15.0 Å². The number of hydrogen-bond acceptors (Lipinski definition) is 3. The summed E-state index contributed by atoms with van der Waals surface area (Å²) < 4.78 is 5.96. The minimum atomic E-state index is -0.00726. The maximum Gasteiger partial charge on any atom is 0.128 e. The molecule has 0 saturated carbocycles. The molecule has 0 aliphatic rings. The number of rotatable bonds is 11. The average Bonchev–Trinajstić information content (AvgIpc) is 2.76. The Bertz CT molecular complexity index is 845. The van der Waals surface area contributed by atoms with Crippen LogP contribution in [0.5, 0.6) is 5.75 Å². The van der Waals surface area contributed by atoms with Gasteiger partial charge in [0.25, 0.3) is 0 Å². The van der Waals surface area contributed by atoms with Gasteiger partial charge < -0.3 is 15.0 Å². The van der Waals surface area contributed by atoms with Crippen LogP contribution in [0.15, 0.2) is 42.5 Å². The predicted octanol–water partition coefficient (Wildman–Crippen LogP) is 7.40. The number of hydrogen-bond donors (Lipinski definition) is 1. The summed E-state index contributed by atoms with van der Waals surface area (Å²) in [5.41, 5.74) is 4.71. The van der Waals surface area contributed by atoms with Gasteiger partial charge in [0.1, 0.15) is 5.75 Å². The van der Waals surface area contributed by atoms with Gasteiger partial charge in [0.05, 0.1) is 6.61 Å². The highest BCUT2D eigenvalue weighted by Gasteiger charge is 2.26. The molecule has 4 heteroatoms. The lowest BCUT2D eigenvalue weighted by Crippen LogP contribution is -2.22. The molecule has 0 amide bonds. The first-order valence-corrected chi connectivity index (χ1v) is 11.5. The lowest BCUT2D eigenvalue weighted by molar-refractivity contribution is 0.339. The smallest absolute Gasteiger partial charge is 0.128 e. The lowest BCUT2D eigenvalue weighted by atomic mass is 9.76. The van der Waals surface area contributed by atoms with E-state index in [1.807, 2.05) is 20.0 Å². The fraction of sp³-hybridized carbons (Fsp3) is 0.462. The summed E-state index contributed by atoms with van der Waals surface area (Å²) in [6.07, 6.45) is 6.39. The van der Waals surface area contributed by atoms with Gasteiger partial charge in [0.2, 0.25) is 0 Å². The highest BCUT2D eigenvalue weighted by molar-refractivity contribution is 6.30. The summed E-state index contributed by atoms with van der Waals surface area (Å²) in [5, 5.41) is 4.09. The molecule has 1 N–H and O–H groups in total. The summed E-state index contributed by atoms with van der Waals surface area (Å²) in [6.45, 7) is 13.6.